The molecule has 0 bridgehead atoms. The number of ether oxygens (including phenoxy) is 1. The Balaban J connectivity index is 1.91. The highest BCUT2D eigenvalue weighted by atomic mass is 32.2. The lowest BCUT2D eigenvalue weighted by Gasteiger charge is -2.29. The summed E-state index contributed by atoms with van der Waals surface area (Å²) in [6, 6.07) is 7.87. The third-order valence-electron chi connectivity index (χ3n) is 3.98. The Kier molecular flexibility index (Phi) is 6.35. The fourth-order valence-corrected chi connectivity index (χ4v) is 3.67. The van der Waals surface area contributed by atoms with E-state index in [2.05, 4.69) is 10.2 Å². The van der Waals surface area contributed by atoms with Crippen molar-refractivity contribution in [2.24, 2.45) is 0 Å². The molecule has 1 aromatic carbocycles. The van der Waals surface area contributed by atoms with Crippen LogP contribution in [-0.4, -0.2) is 23.4 Å². The van der Waals surface area contributed by atoms with Crippen molar-refractivity contribution in [3.63, 3.8) is 0 Å². The van der Waals surface area contributed by atoms with Crippen LogP contribution in [0.25, 0.3) is 4.85 Å². The molecule has 1 amide bonds. The lowest BCUT2D eigenvalue weighted by molar-refractivity contribution is -0.123. The van der Waals surface area contributed by atoms with Crippen molar-refractivity contribution in [1.29, 1.82) is 0 Å². The first-order valence-electron chi connectivity index (χ1n) is 8.07. The molecule has 0 spiro atoms. The van der Waals surface area contributed by atoms with Gasteiger partial charge in [-0.1, -0.05) is 19.3 Å². The van der Waals surface area contributed by atoms with E-state index < -0.39 is 4.75 Å². The summed E-state index contributed by atoms with van der Waals surface area (Å²) in [5.74, 6) is 0.776. The van der Waals surface area contributed by atoms with Crippen LogP contribution < -0.4 is 10.1 Å². The molecule has 23 heavy (non-hydrogen) atoms. The van der Waals surface area contributed by atoms with Gasteiger partial charge in [-0.3, -0.25) is 9.64 Å². The largest absolute Gasteiger partial charge is 0.426 e. The van der Waals surface area contributed by atoms with Crippen LogP contribution in [0.5, 0.6) is 5.75 Å². The van der Waals surface area contributed by atoms with E-state index in [4.69, 9.17) is 11.3 Å². The normalized spacial score (nSPS) is 15.7. The van der Waals surface area contributed by atoms with Crippen LogP contribution in [0.2, 0.25) is 0 Å². The predicted molar refractivity (Wildman–Crippen MR) is 93.5 cm³/mol. The molecule has 124 valence electrons. The minimum absolute atomic E-state index is 0.0295. The Labute approximate surface area is 142 Å². The number of hydrogen-bond donors (Lipinski definition) is 1. The molecule has 0 heterocycles. The summed E-state index contributed by atoms with van der Waals surface area (Å²) >= 11 is 1.55. The Hall–Kier alpha value is -1.67. The number of thioether (sulfide) groups is 1. The molecule has 0 atom stereocenters. The monoisotopic (exact) mass is 332 g/mol. The predicted octanol–water partition coefficient (Wildman–Crippen LogP) is 4.26. The Morgan fingerprint density at radius 1 is 1.30 bits per heavy atom. The Morgan fingerprint density at radius 2 is 1.96 bits per heavy atom. The maximum absolute atomic E-state index is 12.6. The van der Waals surface area contributed by atoms with Crippen LogP contribution in [0.15, 0.2) is 29.2 Å². The van der Waals surface area contributed by atoms with Gasteiger partial charge in [0, 0.05) is 10.9 Å². The number of carbonyl (C=O) groups is 1. The lowest BCUT2D eigenvalue weighted by Crippen LogP contribution is -2.45. The summed E-state index contributed by atoms with van der Waals surface area (Å²) in [4.78, 5) is 16.7. The molecule has 2 rings (SSSR count). The average molecular weight is 332 g/mol. The van der Waals surface area contributed by atoms with E-state index in [0.717, 1.165) is 17.7 Å². The standard InChI is InChI=1S/C18H24N2O2S/c1-18(2,17(21)20-14-7-5-4-6-8-14)23-16-11-9-15(10-12-16)22-13-19-3/h9-12,14H,4-8,13H2,1-2H3,(H,20,21). The number of carbonyl (C=O) groups excluding carboxylic acids is 1. The first kappa shape index (κ1) is 17.7. The maximum Gasteiger partial charge on any atom is 0.357 e. The zero-order valence-corrected chi connectivity index (χ0v) is 14.6. The number of hydrogen-bond acceptors (Lipinski definition) is 3. The highest BCUT2D eigenvalue weighted by molar-refractivity contribution is 8.01. The zero-order chi connectivity index (χ0) is 16.7. The quantitative estimate of drug-likeness (QED) is 0.625. The van der Waals surface area contributed by atoms with Crippen molar-refractivity contribution < 1.29 is 9.53 Å². The molecule has 0 radical (unpaired) electrons. The maximum atomic E-state index is 12.6. The average Bonchev–Trinajstić information content (AvgIpc) is 2.55. The van der Waals surface area contributed by atoms with Crippen LogP contribution in [-0.2, 0) is 4.79 Å². The molecule has 1 aromatic rings. The second-order valence-electron chi connectivity index (χ2n) is 6.32. The molecule has 0 unspecified atom stereocenters. The van der Waals surface area contributed by atoms with Gasteiger partial charge in [0.2, 0.25) is 5.91 Å². The SMILES string of the molecule is [C-]#[N+]COc1ccc(SC(C)(C)C(=O)NC2CCCCC2)cc1. The number of rotatable bonds is 6. The topological polar surface area (TPSA) is 42.7 Å². The van der Waals surface area contributed by atoms with Crippen molar-refractivity contribution in [1.82, 2.24) is 5.32 Å². The molecule has 1 aliphatic rings. The van der Waals surface area contributed by atoms with Gasteiger partial charge >= 0.3 is 6.73 Å². The summed E-state index contributed by atoms with van der Waals surface area (Å²) < 4.78 is 4.73. The molecule has 1 N–H and O–H groups in total. The van der Waals surface area contributed by atoms with E-state index in [1.807, 2.05) is 38.1 Å². The second kappa shape index (κ2) is 8.26. The molecule has 1 saturated carbocycles. The van der Waals surface area contributed by atoms with E-state index in [9.17, 15) is 4.79 Å². The Morgan fingerprint density at radius 3 is 2.57 bits per heavy atom. The van der Waals surface area contributed by atoms with Crippen LogP contribution in [0.1, 0.15) is 46.0 Å². The van der Waals surface area contributed by atoms with Gasteiger partial charge in [-0.15, -0.1) is 11.8 Å². The van der Waals surface area contributed by atoms with Gasteiger partial charge in [0.15, 0.2) is 0 Å². The van der Waals surface area contributed by atoms with Crippen molar-refractivity contribution in [2.45, 2.75) is 61.6 Å². The first-order chi connectivity index (χ1) is 11.0. The fraction of sp³-hybridized carbons (Fsp3) is 0.556. The molecule has 5 heteroatoms. The van der Waals surface area contributed by atoms with E-state index in [1.54, 1.807) is 11.8 Å². The van der Waals surface area contributed by atoms with Gasteiger partial charge in [-0.05, 0) is 51.0 Å². The van der Waals surface area contributed by atoms with E-state index >= 15 is 0 Å². The zero-order valence-electron chi connectivity index (χ0n) is 13.8. The van der Waals surface area contributed by atoms with Gasteiger partial charge in [-0.2, -0.15) is 0 Å². The van der Waals surface area contributed by atoms with Crippen molar-refractivity contribution >= 4 is 17.7 Å². The number of nitrogens with one attached hydrogen (secondary N) is 1. The van der Waals surface area contributed by atoms with Crippen molar-refractivity contribution in [2.75, 3.05) is 6.73 Å². The number of amides is 1. The molecule has 0 aromatic heterocycles. The van der Waals surface area contributed by atoms with Gasteiger partial charge in [-0.25, -0.2) is 6.57 Å². The van der Waals surface area contributed by atoms with Gasteiger partial charge in [0.1, 0.15) is 5.75 Å². The van der Waals surface area contributed by atoms with Gasteiger partial charge in [0.25, 0.3) is 0 Å². The van der Waals surface area contributed by atoms with E-state index in [-0.39, 0.29) is 12.6 Å². The number of benzene rings is 1. The van der Waals surface area contributed by atoms with Crippen LogP contribution in [0, 0.1) is 6.57 Å². The molecule has 1 aliphatic carbocycles. The van der Waals surface area contributed by atoms with Crippen LogP contribution in [0.4, 0.5) is 0 Å². The second-order valence-corrected chi connectivity index (χ2v) is 8.02. The fourth-order valence-electron chi connectivity index (χ4n) is 2.66. The molecule has 1 fully saturated rings. The summed E-state index contributed by atoms with van der Waals surface area (Å²) in [5, 5.41) is 3.20. The van der Waals surface area contributed by atoms with Crippen molar-refractivity contribution in [3.05, 3.63) is 35.7 Å². The van der Waals surface area contributed by atoms with Crippen LogP contribution in [0.3, 0.4) is 0 Å². The third kappa shape index (κ3) is 5.47. The van der Waals surface area contributed by atoms with Gasteiger partial charge in [0.05, 0.1) is 4.75 Å². The molecular formula is C18H24N2O2S. The Bertz CT molecular complexity index is 557. The lowest BCUT2D eigenvalue weighted by atomic mass is 9.95. The molecular weight excluding hydrogens is 308 g/mol. The third-order valence-corrected chi connectivity index (χ3v) is 5.18. The summed E-state index contributed by atoms with van der Waals surface area (Å²) in [5.41, 5.74) is 0. The minimum atomic E-state index is -0.518. The molecule has 0 aliphatic heterocycles. The highest BCUT2D eigenvalue weighted by Crippen LogP contribution is 2.34. The van der Waals surface area contributed by atoms with Crippen molar-refractivity contribution in [3.8, 4) is 5.75 Å². The summed E-state index contributed by atoms with van der Waals surface area (Å²) in [6.07, 6.45) is 5.90. The summed E-state index contributed by atoms with van der Waals surface area (Å²) in [7, 11) is 0. The smallest absolute Gasteiger partial charge is 0.357 e. The molecule has 0 saturated heterocycles. The van der Waals surface area contributed by atoms with E-state index in [0.29, 0.717) is 11.8 Å². The van der Waals surface area contributed by atoms with Gasteiger partial charge < -0.3 is 10.1 Å². The first-order valence-corrected chi connectivity index (χ1v) is 8.89. The minimum Gasteiger partial charge on any atom is -0.426 e. The highest BCUT2D eigenvalue weighted by Gasteiger charge is 2.30. The summed E-state index contributed by atoms with van der Waals surface area (Å²) in [6.45, 7) is 10.7. The molecule has 4 nitrogen and oxygen atoms in total. The van der Waals surface area contributed by atoms with Crippen LogP contribution >= 0.6 is 11.8 Å². The number of nitrogens with zero attached hydrogens (tertiary/aromatic N) is 1. The van der Waals surface area contributed by atoms with E-state index in [1.165, 1.54) is 19.3 Å².